The lowest BCUT2D eigenvalue weighted by Gasteiger charge is -2.27. The fourth-order valence-electron chi connectivity index (χ4n) is 3.93. The fourth-order valence-corrected chi connectivity index (χ4v) is 8.01. The number of sulfone groups is 1. The highest BCUT2D eigenvalue weighted by Gasteiger charge is 2.50. The van der Waals surface area contributed by atoms with Crippen molar-refractivity contribution in [1.29, 1.82) is 0 Å². The third-order valence-corrected chi connectivity index (χ3v) is 9.04. The summed E-state index contributed by atoms with van der Waals surface area (Å²) in [5.74, 6) is 1.13. The first-order valence-corrected chi connectivity index (χ1v) is 13.2. The van der Waals surface area contributed by atoms with Gasteiger partial charge in [-0.15, -0.1) is 0 Å². The molecule has 6 nitrogen and oxygen atoms in total. The van der Waals surface area contributed by atoms with Gasteiger partial charge in [0.15, 0.2) is 20.8 Å². The largest absolute Gasteiger partial charge is 0.455 e. The lowest BCUT2D eigenvalue weighted by molar-refractivity contribution is -0.118. The summed E-state index contributed by atoms with van der Waals surface area (Å²) in [5.41, 5.74) is 1.68. The van der Waals surface area contributed by atoms with Crippen LogP contribution < -0.4 is 9.64 Å². The van der Waals surface area contributed by atoms with Crippen LogP contribution in [0.25, 0.3) is 0 Å². The molecule has 2 aromatic rings. The van der Waals surface area contributed by atoms with Crippen LogP contribution in [-0.2, 0) is 14.6 Å². The number of hydrogen-bond acceptors (Lipinski definition) is 5. The lowest BCUT2D eigenvalue weighted by atomic mass is 10.2. The Morgan fingerprint density at radius 1 is 1.19 bits per heavy atom. The monoisotopic (exact) mass is 476 g/mol. The van der Waals surface area contributed by atoms with Gasteiger partial charge in [0.2, 0.25) is 0 Å². The Bertz CT molecular complexity index is 1190. The SMILES string of the molecule is Cc1cccc(Oc2ccc(Cl)cc2N2C(=NC(=O)C3CC3)S[C@H]3CS(=O)(=O)C[C@@H]32)c1. The van der Waals surface area contributed by atoms with Crippen LogP contribution in [-0.4, -0.2) is 42.3 Å². The minimum Gasteiger partial charge on any atom is -0.455 e. The van der Waals surface area contributed by atoms with Gasteiger partial charge in [-0.2, -0.15) is 4.99 Å². The van der Waals surface area contributed by atoms with Crippen LogP contribution in [0, 0.1) is 12.8 Å². The van der Waals surface area contributed by atoms with Crippen LogP contribution in [0.4, 0.5) is 5.69 Å². The summed E-state index contributed by atoms with van der Waals surface area (Å²) in [5, 5.41) is 0.841. The number of fused-ring (bicyclic) bond motifs is 1. The third kappa shape index (κ3) is 4.33. The van der Waals surface area contributed by atoms with Crippen LogP contribution in [0.5, 0.6) is 11.5 Å². The van der Waals surface area contributed by atoms with Gasteiger partial charge in [-0.25, -0.2) is 8.42 Å². The van der Waals surface area contributed by atoms with E-state index in [-0.39, 0.29) is 34.6 Å². The topological polar surface area (TPSA) is 76.0 Å². The summed E-state index contributed by atoms with van der Waals surface area (Å²) >= 11 is 7.68. The zero-order valence-corrected chi connectivity index (χ0v) is 19.2. The summed E-state index contributed by atoms with van der Waals surface area (Å²) in [6.45, 7) is 1.98. The summed E-state index contributed by atoms with van der Waals surface area (Å²) in [6, 6.07) is 12.6. The number of ether oxygens (including phenoxy) is 1. The van der Waals surface area contributed by atoms with Crippen LogP contribution in [0.3, 0.4) is 0 Å². The van der Waals surface area contributed by atoms with Crippen molar-refractivity contribution < 1.29 is 17.9 Å². The first-order chi connectivity index (χ1) is 14.8. The average molecular weight is 477 g/mol. The van der Waals surface area contributed by atoms with E-state index >= 15 is 0 Å². The molecule has 3 fully saturated rings. The second kappa shape index (κ2) is 7.83. The van der Waals surface area contributed by atoms with Crippen molar-refractivity contribution in [2.24, 2.45) is 10.9 Å². The number of aliphatic imine (C=N–C) groups is 1. The molecule has 5 rings (SSSR count). The molecule has 0 N–H and O–H groups in total. The van der Waals surface area contributed by atoms with Crippen LogP contribution in [0.1, 0.15) is 18.4 Å². The molecule has 1 saturated carbocycles. The molecule has 0 unspecified atom stereocenters. The zero-order chi connectivity index (χ0) is 21.8. The highest BCUT2D eigenvalue weighted by molar-refractivity contribution is 8.16. The lowest BCUT2D eigenvalue weighted by Crippen LogP contribution is -2.38. The van der Waals surface area contributed by atoms with Gasteiger partial charge in [0.05, 0.1) is 23.2 Å². The van der Waals surface area contributed by atoms with Gasteiger partial charge < -0.3 is 9.64 Å². The molecule has 9 heteroatoms. The molecule has 2 aliphatic heterocycles. The third-order valence-electron chi connectivity index (χ3n) is 5.60. The van der Waals surface area contributed by atoms with Crippen molar-refractivity contribution in [2.75, 3.05) is 16.4 Å². The summed E-state index contributed by atoms with van der Waals surface area (Å²) in [4.78, 5) is 18.7. The molecule has 1 aliphatic carbocycles. The molecule has 2 atom stereocenters. The standard InChI is InChI=1S/C22H21ClN2O4S2/c1-13-3-2-4-16(9-13)29-19-8-7-15(23)10-17(19)25-18-11-31(27,28)12-20(18)30-22(25)24-21(26)14-5-6-14/h2-4,7-10,14,18,20H,5-6,11-12H2,1H3/t18-,20-/m0/s1. The van der Waals surface area contributed by atoms with Crippen molar-refractivity contribution in [3.05, 3.63) is 53.1 Å². The van der Waals surface area contributed by atoms with E-state index < -0.39 is 9.84 Å². The fraction of sp³-hybridized carbons (Fsp3) is 0.364. The van der Waals surface area contributed by atoms with E-state index in [1.165, 1.54) is 11.8 Å². The van der Waals surface area contributed by atoms with Gasteiger partial charge in [0, 0.05) is 16.2 Å². The minimum absolute atomic E-state index is 0.0116. The Hall–Kier alpha value is -2.03. The predicted octanol–water partition coefficient (Wildman–Crippen LogP) is 4.45. The molecule has 31 heavy (non-hydrogen) atoms. The summed E-state index contributed by atoms with van der Waals surface area (Å²) in [7, 11) is -3.17. The van der Waals surface area contributed by atoms with Gasteiger partial charge in [-0.3, -0.25) is 4.79 Å². The van der Waals surface area contributed by atoms with E-state index in [0.717, 1.165) is 18.4 Å². The number of halogens is 1. The van der Waals surface area contributed by atoms with Crippen LogP contribution in [0.2, 0.25) is 5.02 Å². The highest BCUT2D eigenvalue weighted by Crippen LogP contribution is 2.46. The number of anilines is 1. The van der Waals surface area contributed by atoms with E-state index in [9.17, 15) is 13.2 Å². The van der Waals surface area contributed by atoms with Crippen molar-refractivity contribution in [1.82, 2.24) is 0 Å². The maximum Gasteiger partial charge on any atom is 0.251 e. The molecule has 1 amide bonds. The molecule has 3 aliphatic rings. The second-order valence-corrected chi connectivity index (χ2v) is 12.0. The van der Waals surface area contributed by atoms with Crippen molar-refractivity contribution in [2.45, 2.75) is 31.1 Å². The quantitative estimate of drug-likeness (QED) is 0.648. The molecule has 162 valence electrons. The van der Waals surface area contributed by atoms with Gasteiger partial charge in [-0.05, 0) is 55.7 Å². The Balaban J connectivity index is 1.58. The molecule has 0 bridgehead atoms. The van der Waals surface area contributed by atoms with Crippen molar-refractivity contribution in [3.63, 3.8) is 0 Å². The molecule has 0 aromatic heterocycles. The number of rotatable bonds is 4. The Morgan fingerprint density at radius 3 is 2.74 bits per heavy atom. The van der Waals surface area contributed by atoms with Crippen LogP contribution >= 0.6 is 23.4 Å². The molecule has 2 heterocycles. The van der Waals surface area contributed by atoms with E-state index in [1.807, 2.05) is 36.1 Å². The normalized spacial score (nSPS) is 25.6. The number of amidine groups is 1. The molecule has 2 saturated heterocycles. The molecular weight excluding hydrogens is 456 g/mol. The zero-order valence-electron chi connectivity index (χ0n) is 16.8. The number of nitrogens with zero attached hydrogens (tertiary/aromatic N) is 2. The maximum atomic E-state index is 12.5. The van der Waals surface area contributed by atoms with E-state index in [0.29, 0.717) is 27.4 Å². The first kappa shape index (κ1) is 20.8. The van der Waals surface area contributed by atoms with E-state index in [4.69, 9.17) is 16.3 Å². The molecule has 2 aromatic carbocycles. The van der Waals surface area contributed by atoms with Crippen molar-refractivity contribution >= 4 is 50.0 Å². The average Bonchev–Trinajstić information content (AvgIpc) is 3.44. The Morgan fingerprint density at radius 2 is 2.00 bits per heavy atom. The van der Waals surface area contributed by atoms with Crippen LogP contribution in [0.15, 0.2) is 47.5 Å². The van der Waals surface area contributed by atoms with Gasteiger partial charge in [0.1, 0.15) is 5.75 Å². The number of carbonyl (C=O) groups excluding carboxylic acids is 1. The minimum atomic E-state index is -3.17. The van der Waals surface area contributed by atoms with E-state index in [1.54, 1.807) is 18.2 Å². The summed E-state index contributed by atoms with van der Waals surface area (Å²) < 4.78 is 30.9. The first-order valence-electron chi connectivity index (χ1n) is 10.1. The molecule has 0 spiro atoms. The molecular formula is C22H21ClN2O4S2. The highest BCUT2D eigenvalue weighted by atomic mass is 35.5. The number of benzene rings is 2. The maximum absolute atomic E-state index is 12.5. The van der Waals surface area contributed by atoms with Crippen molar-refractivity contribution in [3.8, 4) is 11.5 Å². The Kier molecular flexibility index (Phi) is 5.27. The van der Waals surface area contributed by atoms with E-state index in [2.05, 4.69) is 4.99 Å². The smallest absolute Gasteiger partial charge is 0.251 e. The molecule has 0 radical (unpaired) electrons. The number of amides is 1. The predicted molar refractivity (Wildman–Crippen MR) is 124 cm³/mol. The van der Waals surface area contributed by atoms with Gasteiger partial charge >= 0.3 is 0 Å². The van der Waals surface area contributed by atoms with Gasteiger partial charge in [-0.1, -0.05) is 35.5 Å². The number of thioether (sulfide) groups is 1. The Labute approximate surface area is 190 Å². The number of carbonyl (C=O) groups is 1. The number of hydrogen-bond donors (Lipinski definition) is 0. The summed E-state index contributed by atoms with van der Waals surface area (Å²) in [6.07, 6.45) is 1.72. The van der Waals surface area contributed by atoms with Gasteiger partial charge in [0.25, 0.3) is 5.91 Å². The second-order valence-electron chi connectivity index (χ2n) is 8.21. The number of aryl methyl sites for hydroxylation is 1.